The summed E-state index contributed by atoms with van der Waals surface area (Å²) in [7, 11) is 0. The van der Waals surface area contributed by atoms with Gasteiger partial charge in [0.2, 0.25) is 0 Å². The third kappa shape index (κ3) is 2.97. The lowest BCUT2D eigenvalue weighted by molar-refractivity contribution is 0.203. The van der Waals surface area contributed by atoms with Gasteiger partial charge in [0.25, 0.3) is 0 Å². The summed E-state index contributed by atoms with van der Waals surface area (Å²) >= 11 is 0. The molecule has 0 bridgehead atoms. The highest BCUT2D eigenvalue weighted by atomic mass is 15.2. The Morgan fingerprint density at radius 1 is 1.15 bits per heavy atom. The highest BCUT2D eigenvalue weighted by Gasteiger charge is 2.24. The fourth-order valence-electron chi connectivity index (χ4n) is 4.00. The summed E-state index contributed by atoms with van der Waals surface area (Å²) in [6, 6.07) is 11.6. The maximum absolute atomic E-state index is 4.14. The minimum Gasteiger partial charge on any atom is -0.320 e. The third-order valence-electron chi connectivity index (χ3n) is 5.56. The summed E-state index contributed by atoms with van der Waals surface area (Å²) in [4.78, 5) is 6.72. The Morgan fingerprint density at radius 2 is 1.92 bits per heavy atom. The molecule has 1 aliphatic heterocycles. The molecule has 0 fully saturated rings. The molecule has 0 saturated heterocycles. The first kappa shape index (κ1) is 17.0. The fraction of sp³-hybridized carbons (Fsp3) is 0.348. The molecule has 0 aliphatic carbocycles. The average molecular weight is 345 g/mol. The third-order valence-corrected chi connectivity index (χ3v) is 5.56. The molecule has 0 spiro atoms. The Morgan fingerprint density at radius 3 is 2.65 bits per heavy atom. The minimum atomic E-state index is 0.584. The Hall–Kier alpha value is -2.39. The smallest absolute Gasteiger partial charge is 0.0529 e. The summed E-state index contributed by atoms with van der Waals surface area (Å²) < 4.78 is 2.43. The first-order chi connectivity index (χ1) is 12.5. The molecule has 26 heavy (non-hydrogen) atoms. The summed E-state index contributed by atoms with van der Waals surface area (Å²) in [5.41, 5.74) is 8.10. The van der Waals surface area contributed by atoms with Crippen molar-refractivity contribution < 1.29 is 0 Å². The van der Waals surface area contributed by atoms with E-state index >= 15 is 0 Å². The van der Waals surface area contributed by atoms with Crippen LogP contribution in [0.2, 0.25) is 0 Å². The number of pyridine rings is 1. The van der Waals surface area contributed by atoms with Gasteiger partial charge in [-0.2, -0.15) is 0 Å². The Balaban J connectivity index is 1.88. The highest BCUT2D eigenvalue weighted by molar-refractivity contribution is 5.90. The number of benzene rings is 1. The molecule has 0 atom stereocenters. The first-order valence-corrected chi connectivity index (χ1v) is 9.49. The van der Waals surface area contributed by atoms with Crippen molar-refractivity contribution in [2.75, 3.05) is 6.54 Å². The molecule has 0 unspecified atom stereocenters. The molecule has 0 radical (unpaired) electrons. The SMILES string of the molecule is C/C(=C\n1c2c(c3cc(C)ccc31)CN(C(C)C)CC2)c1ccncc1. The van der Waals surface area contributed by atoms with Crippen LogP contribution in [0.3, 0.4) is 0 Å². The van der Waals surface area contributed by atoms with E-state index in [0.717, 1.165) is 19.5 Å². The van der Waals surface area contributed by atoms with Crippen LogP contribution < -0.4 is 0 Å². The normalized spacial score (nSPS) is 15.7. The second kappa shape index (κ2) is 6.73. The van der Waals surface area contributed by atoms with Crippen LogP contribution in [0.5, 0.6) is 0 Å². The maximum atomic E-state index is 4.14. The van der Waals surface area contributed by atoms with Crippen LogP contribution >= 0.6 is 0 Å². The van der Waals surface area contributed by atoms with E-state index in [2.05, 4.69) is 78.7 Å². The van der Waals surface area contributed by atoms with Crippen LogP contribution in [0.1, 0.15) is 43.2 Å². The number of nitrogens with zero attached hydrogens (tertiary/aromatic N) is 3. The van der Waals surface area contributed by atoms with Crippen molar-refractivity contribution in [3.63, 3.8) is 0 Å². The van der Waals surface area contributed by atoms with E-state index < -0.39 is 0 Å². The zero-order chi connectivity index (χ0) is 18.3. The van der Waals surface area contributed by atoms with Crippen molar-refractivity contribution in [1.29, 1.82) is 0 Å². The van der Waals surface area contributed by atoms with E-state index in [1.807, 2.05) is 12.4 Å². The molecule has 1 aromatic carbocycles. The first-order valence-electron chi connectivity index (χ1n) is 9.49. The molecule has 4 rings (SSSR count). The molecule has 3 heterocycles. The number of aromatic nitrogens is 2. The van der Waals surface area contributed by atoms with Crippen molar-refractivity contribution in [3.05, 3.63) is 65.1 Å². The van der Waals surface area contributed by atoms with E-state index in [-0.39, 0.29) is 0 Å². The van der Waals surface area contributed by atoms with Crippen LogP contribution in [0.25, 0.3) is 22.7 Å². The number of rotatable bonds is 3. The van der Waals surface area contributed by atoms with Gasteiger partial charge in [-0.1, -0.05) is 11.6 Å². The number of hydrogen-bond donors (Lipinski definition) is 0. The lowest BCUT2D eigenvalue weighted by atomic mass is 10.0. The zero-order valence-corrected chi connectivity index (χ0v) is 16.2. The van der Waals surface area contributed by atoms with E-state index in [1.54, 1.807) is 0 Å². The molecule has 0 amide bonds. The fourth-order valence-corrected chi connectivity index (χ4v) is 4.00. The molecular weight excluding hydrogens is 318 g/mol. The van der Waals surface area contributed by atoms with Gasteiger partial charge in [-0.25, -0.2) is 0 Å². The summed E-state index contributed by atoms with van der Waals surface area (Å²) in [5.74, 6) is 0. The van der Waals surface area contributed by atoms with Crippen molar-refractivity contribution in [2.45, 2.75) is 46.7 Å². The van der Waals surface area contributed by atoms with Gasteiger partial charge < -0.3 is 4.57 Å². The Labute approximate surface area is 156 Å². The predicted octanol–water partition coefficient (Wildman–Crippen LogP) is 5.13. The number of aryl methyl sites for hydroxylation is 1. The topological polar surface area (TPSA) is 21.1 Å². The van der Waals surface area contributed by atoms with Gasteiger partial charge in [0.1, 0.15) is 0 Å². The van der Waals surface area contributed by atoms with Gasteiger partial charge in [-0.3, -0.25) is 9.88 Å². The van der Waals surface area contributed by atoms with Crippen LogP contribution in [0.4, 0.5) is 0 Å². The van der Waals surface area contributed by atoms with Gasteiger partial charge in [-0.15, -0.1) is 0 Å². The predicted molar refractivity (Wildman–Crippen MR) is 110 cm³/mol. The van der Waals surface area contributed by atoms with Crippen LogP contribution in [0, 0.1) is 6.92 Å². The minimum absolute atomic E-state index is 0.584. The molecule has 3 aromatic rings. The lowest BCUT2D eigenvalue weighted by Gasteiger charge is -2.31. The zero-order valence-electron chi connectivity index (χ0n) is 16.2. The monoisotopic (exact) mass is 345 g/mol. The van der Waals surface area contributed by atoms with E-state index in [9.17, 15) is 0 Å². The highest BCUT2D eigenvalue weighted by Crippen LogP contribution is 2.33. The van der Waals surface area contributed by atoms with E-state index in [0.29, 0.717) is 6.04 Å². The van der Waals surface area contributed by atoms with Crippen LogP contribution in [-0.2, 0) is 13.0 Å². The molecule has 3 heteroatoms. The molecule has 0 N–H and O–H groups in total. The number of fused-ring (bicyclic) bond motifs is 3. The largest absolute Gasteiger partial charge is 0.320 e. The van der Waals surface area contributed by atoms with Gasteiger partial charge >= 0.3 is 0 Å². The molecule has 2 aromatic heterocycles. The quantitative estimate of drug-likeness (QED) is 0.656. The second-order valence-corrected chi connectivity index (χ2v) is 7.68. The maximum Gasteiger partial charge on any atom is 0.0529 e. The van der Waals surface area contributed by atoms with Crippen molar-refractivity contribution in [2.24, 2.45) is 0 Å². The van der Waals surface area contributed by atoms with Gasteiger partial charge in [0.15, 0.2) is 0 Å². The number of allylic oxidation sites excluding steroid dienone is 1. The van der Waals surface area contributed by atoms with Gasteiger partial charge in [0, 0.05) is 55.2 Å². The molecule has 3 nitrogen and oxygen atoms in total. The van der Waals surface area contributed by atoms with Gasteiger partial charge in [0.05, 0.1) is 5.52 Å². The summed E-state index contributed by atoms with van der Waals surface area (Å²) in [6.07, 6.45) is 7.12. The van der Waals surface area contributed by atoms with Crippen molar-refractivity contribution in [1.82, 2.24) is 14.5 Å². The molecule has 1 aliphatic rings. The van der Waals surface area contributed by atoms with E-state index in [4.69, 9.17) is 0 Å². The summed E-state index contributed by atoms with van der Waals surface area (Å²) in [5, 5.41) is 1.41. The summed E-state index contributed by atoms with van der Waals surface area (Å²) in [6.45, 7) is 11.1. The van der Waals surface area contributed by atoms with Crippen molar-refractivity contribution >= 4 is 22.7 Å². The Kier molecular flexibility index (Phi) is 4.41. The average Bonchev–Trinajstić information content (AvgIpc) is 2.95. The second-order valence-electron chi connectivity index (χ2n) is 7.68. The number of hydrogen-bond acceptors (Lipinski definition) is 2. The molecule has 0 saturated carbocycles. The van der Waals surface area contributed by atoms with Gasteiger partial charge in [-0.05, 0) is 68.7 Å². The molecule has 134 valence electrons. The lowest BCUT2D eigenvalue weighted by Crippen LogP contribution is -2.36. The van der Waals surface area contributed by atoms with E-state index in [1.165, 1.54) is 38.9 Å². The van der Waals surface area contributed by atoms with Crippen LogP contribution in [0.15, 0.2) is 42.7 Å². The van der Waals surface area contributed by atoms with Crippen LogP contribution in [-0.4, -0.2) is 27.0 Å². The molecular formula is C23H27N3. The standard InChI is InChI=1S/C23H27N3/c1-16(2)25-12-9-23-21(15-25)20-13-17(3)5-6-22(20)26(23)14-18(4)19-7-10-24-11-8-19/h5-8,10-11,13-14,16H,9,12,15H2,1-4H3/b18-14+. The van der Waals surface area contributed by atoms with Crippen molar-refractivity contribution in [3.8, 4) is 0 Å². The Bertz CT molecular complexity index is 964.